The fourth-order valence-electron chi connectivity index (χ4n) is 1.68. The number of nitrogens with zero attached hydrogens (tertiary/aromatic N) is 4. The first-order chi connectivity index (χ1) is 9.90. The Morgan fingerprint density at radius 2 is 2.10 bits per heavy atom. The summed E-state index contributed by atoms with van der Waals surface area (Å²) in [5.74, 6) is 3.90. The third kappa shape index (κ3) is 3.78. The van der Waals surface area contributed by atoms with E-state index in [1.807, 2.05) is 6.07 Å². The van der Waals surface area contributed by atoms with Gasteiger partial charge in [-0.05, 0) is 11.6 Å². The van der Waals surface area contributed by atoms with Crippen molar-refractivity contribution in [2.45, 2.75) is 12.7 Å². The molecule has 0 saturated heterocycles. The largest absolute Gasteiger partial charge is 0.451 e. The molecule has 0 amide bonds. The van der Waals surface area contributed by atoms with Crippen LogP contribution in [0, 0.1) is 0 Å². The van der Waals surface area contributed by atoms with Crippen molar-refractivity contribution in [3.63, 3.8) is 0 Å². The second kappa shape index (κ2) is 5.92. The Morgan fingerprint density at radius 1 is 1.33 bits per heavy atom. The highest BCUT2D eigenvalue weighted by atomic mass is 19.4. The van der Waals surface area contributed by atoms with Crippen LogP contribution in [0.1, 0.15) is 11.4 Å². The van der Waals surface area contributed by atoms with Crippen LogP contribution < -0.4 is 16.2 Å². The Morgan fingerprint density at radius 3 is 2.67 bits per heavy atom. The fourth-order valence-corrected chi connectivity index (χ4v) is 1.68. The Kier molecular flexibility index (Phi) is 4.22. The summed E-state index contributed by atoms with van der Waals surface area (Å²) in [7, 11) is 1.62. The molecule has 2 heterocycles. The molecule has 0 bridgehead atoms. The standard InChI is InChI=1S/C12H13F3N6/c1-21(7-8-3-2-4-17-6-8)10-5-9(20-16)18-11(19-10)12(13,14)15/h2-6H,7,16H2,1H3,(H,18,19,20). The molecule has 0 saturated carbocycles. The summed E-state index contributed by atoms with van der Waals surface area (Å²) in [6.07, 6.45) is -1.40. The van der Waals surface area contributed by atoms with Crippen molar-refractivity contribution in [3.8, 4) is 0 Å². The van der Waals surface area contributed by atoms with Crippen LogP contribution in [0.2, 0.25) is 0 Å². The molecule has 3 N–H and O–H groups in total. The van der Waals surface area contributed by atoms with Crippen LogP contribution in [0.25, 0.3) is 0 Å². The molecule has 0 spiro atoms. The minimum atomic E-state index is -4.64. The van der Waals surface area contributed by atoms with Crippen molar-refractivity contribution in [1.29, 1.82) is 0 Å². The molecule has 9 heteroatoms. The molecule has 21 heavy (non-hydrogen) atoms. The first-order valence-electron chi connectivity index (χ1n) is 5.93. The first kappa shape index (κ1) is 15.0. The number of aromatic nitrogens is 3. The van der Waals surface area contributed by atoms with Crippen LogP contribution in [-0.2, 0) is 12.7 Å². The third-order valence-corrected chi connectivity index (χ3v) is 2.65. The Balaban J connectivity index is 2.30. The lowest BCUT2D eigenvalue weighted by Gasteiger charge is -2.19. The number of hydrazine groups is 1. The van der Waals surface area contributed by atoms with Gasteiger partial charge in [0.2, 0.25) is 5.82 Å². The molecular weight excluding hydrogens is 285 g/mol. The first-order valence-corrected chi connectivity index (χ1v) is 5.93. The molecule has 0 aliphatic carbocycles. The van der Waals surface area contributed by atoms with E-state index in [-0.39, 0.29) is 11.6 Å². The van der Waals surface area contributed by atoms with E-state index in [2.05, 4.69) is 20.4 Å². The zero-order chi connectivity index (χ0) is 15.5. The van der Waals surface area contributed by atoms with E-state index in [1.165, 1.54) is 6.07 Å². The minimum absolute atomic E-state index is 0.106. The number of alkyl halides is 3. The van der Waals surface area contributed by atoms with Crippen LogP contribution in [0.5, 0.6) is 0 Å². The molecule has 0 aliphatic rings. The smallest absolute Gasteiger partial charge is 0.355 e. The van der Waals surface area contributed by atoms with Crippen molar-refractivity contribution < 1.29 is 13.2 Å². The van der Waals surface area contributed by atoms with Crippen molar-refractivity contribution >= 4 is 11.6 Å². The van der Waals surface area contributed by atoms with E-state index in [9.17, 15) is 13.2 Å². The Labute approximate surface area is 118 Å². The molecule has 0 aliphatic heterocycles. The van der Waals surface area contributed by atoms with Gasteiger partial charge in [0.1, 0.15) is 11.6 Å². The van der Waals surface area contributed by atoms with Crippen LogP contribution in [0.3, 0.4) is 0 Å². The van der Waals surface area contributed by atoms with Gasteiger partial charge in [0.05, 0.1) is 0 Å². The van der Waals surface area contributed by atoms with E-state index >= 15 is 0 Å². The summed E-state index contributed by atoms with van der Waals surface area (Å²) < 4.78 is 38.3. The Hall–Kier alpha value is -2.42. The lowest BCUT2D eigenvalue weighted by atomic mass is 10.2. The number of rotatable bonds is 4. The lowest BCUT2D eigenvalue weighted by Crippen LogP contribution is -2.22. The van der Waals surface area contributed by atoms with Gasteiger partial charge in [-0.25, -0.2) is 15.8 Å². The quantitative estimate of drug-likeness (QED) is 0.662. The normalized spacial score (nSPS) is 11.3. The molecule has 6 nitrogen and oxygen atoms in total. The lowest BCUT2D eigenvalue weighted by molar-refractivity contribution is -0.144. The molecule has 2 aromatic rings. The van der Waals surface area contributed by atoms with Gasteiger partial charge in [0.15, 0.2) is 0 Å². The fraction of sp³-hybridized carbons (Fsp3) is 0.250. The van der Waals surface area contributed by atoms with Crippen LogP contribution in [0.4, 0.5) is 24.8 Å². The SMILES string of the molecule is CN(Cc1cccnc1)c1cc(NN)nc(C(F)(F)F)n1. The van der Waals surface area contributed by atoms with Gasteiger partial charge < -0.3 is 10.3 Å². The van der Waals surface area contributed by atoms with Crippen LogP contribution in [0.15, 0.2) is 30.6 Å². The van der Waals surface area contributed by atoms with E-state index < -0.39 is 12.0 Å². The topological polar surface area (TPSA) is 80.0 Å². The van der Waals surface area contributed by atoms with E-state index in [4.69, 9.17) is 5.84 Å². The van der Waals surface area contributed by atoms with Gasteiger partial charge in [0.25, 0.3) is 0 Å². The highest BCUT2D eigenvalue weighted by Gasteiger charge is 2.35. The summed E-state index contributed by atoms with van der Waals surface area (Å²) in [6.45, 7) is 0.353. The number of anilines is 2. The number of nitrogens with two attached hydrogens (primary N) is 1. The number of nitrogen functional groups attached to an aromatic ring is 1. The highest BCUT2D eigenvalue weighted by Crippen LogP contribution is 2.29. The second-order valence-electron chi connectivity index (χ2n) is 4.29. The van der Waals surface area contributed by atoms with Crippen molar-refractivity contribution in [3.05, 3.63) is 42.0 Å². The maximum atomic E-state index is 12.8. The molecular formula is C12H13F3N6. The second-order valence-corrected chi connectivity index (χ2v) is 4.29. The molecule has 0 fully saturated rings. The average Bonchev–Trinajstić information content (AvgIpc) is 2.46. The van der Waals surface area contributed by atoms with Gasteiger partial charge in [-0.2, -0.15) is 13.2 Å². The van der Waals surface area contributed by atoms with Crippen LogP contribution in [-0.4, -0.2) is 22.0 Å². The van der Waals surface area contributed by atoms with Crippen LogP contribution >= 0.6 is 0 Å². The van der Waals surface area contributed by atoms with Gasteiger partial charge in [-0.15, -0.1) is 0 Å². The molecule has 0 aromatic carbocycles. The molecule has 0 unspecified atom stereocenters. The maximum Gasteiger partial charge on any atom is 0.451 e. The molecule has 0 atom stereocenters. The molecule has 0 radical (unpaired) electrons. The van der Waals surface area contributed by atoms with Crippen molar-refractivity contribution in [2.24, 2.45) is 5.84 Å². The zero-order valence-corrected chi connectivity index (χ0v) is 11.1. The highest BCUT2D eigenvalue weighted by molar-refractivity contribution is 5.49. The van der Waals surface area contributed by atoms with E-state index in [0.717, 1.165) is 5.56 Å². The van der Waals surface area contributed by atoms with Gasteiger partial charge >= 0.3 is 6.18 Å². The number of pyridine rings is 1. The van der Waals surface area contributed by atoms with Gasteiger partial charge in [-0.3, -0.25) is 4.98 Å². The summed E-state index contributed by atoms with van der Waals surface area (Å²) in [6, 6.07) is 4.90. The number of hydrogen-bond acceptors (Lipinski definition) is 6. The minimum Gasteiger partial charge on any atom is -0.355 e. The van der Waals surface area contributed by atoms with Crippen molar-refractivity contribution in [1.82, 2.24) is 15.0 Å². The number of hydrogen-bond donors (Lipinski definition) is 2. The maximum absolute atomic E-state index is 12.8. The number of halogens is 3. The molecule has 112 valence electrons. The van der Waals surface area contributed by atoms with Crippen molar-refractivity contribution in [2.75, 3.05) is 17.4 Å². The predicted molar refractivity (Wildman–Crippen MR) is 71.2 cm³/mol. The summed E-state index contributed by atoms with van der Waals surface area (Å²) in [5.41, 5.74) is 2.95. The molecule has 2 rings (SSSR count). The average molecular weight is 298 g/mol. The molecule has 2 aromatic heterocycles. The zero-order valence-electron chi connectivity index (χ0n) is 11.1. The summed E-state index contributed by atoms with van der Waals surface area (Å²) >= 11 is 0. The summed E-state index contributed by atoms with van der Waals surface area (Å²) in [4.78, 5) is 12.3. The summed E-state index contributed by atoms with van der Waals surface area (Å²) in [5, 5.41) is 0. The predicted octanol–water partition coefficient (Wildman–Crippen LogP) is 1.81. The third-order valence-electron chi connectivity index (χ3n) is 2.65. The monoisotopic (exact) mass is 298 g/mol. The Bertz CT molecular complexity index is 602. The number of nitrogens with one attached hydrogen (secondary N) is 1. The van der Waals surface area contributed by atoms with E-state index in [0.29, 0.717) is 6.54 Å². The van der Waals surface area contributed by atoms with Gasteiger partial charge in [0, 0.05) is 32.1 Å². The van der Waals surface area contributed by atoms with Gasteiger partial charge in [-0.1, -0.05) is 6.07 Å². The van der Waals surface area contributed by atoms with E-state index in [1.54, 1.807) is 30.4 Å².